The molecule has 2 fully saturated rings. The zero-order valence-corrected chi connectivity index (χ0v) is 14.5. The smallest absolute Gasteiger partial charge is 0.258 e. The summed E-state index contributed by atoms with van der Waals surface area (Å²) in [7, 11) is 0. The fourth-order valence-electron chi connectivity index (χ4n) is 5.24. The third-order valence-corrected chi connectivity index (χ3v) is 7.06. The lowest BCUT2D eigenvalue weighted by atomic mass is 9.58. The summed E-state index contributed by atoms with van der Waals surface area (Å²) in [5.74, 6) is 1.55. The largest absolute Gasteiger partial charge is 0.313 e. The molecule has 2 heterocycles. The zero-order valence-electron chi connectivity index (χ0n) is 14.5. The van der Waals surface area contributed by atoms with Crippen molar-refractivity contribution in [3.8, 4) is 0 Å². The van der Waals surface area contributed by atoms with E-state index in [0.717, 1.165) is 29.7 Å². The molecule has 3 atom stereocenters. The van der Waals surface area contributed by atoms with Crippen LogP contribution in [0.25, 0.3) is 10.9 Å². The van der Waals surface area contributed by atoms with Gasteiger partial charge in [-0.15, -0.1) is 0 Å². The van der Waals surface area contributed by atoms with Crippen molar-refractivity contribution in [2.24, 2.45) is 11.8 Å². The highest BCUT2D eigenvalue weighted by Crippen LogP contribution is 2.50. The van der Waals surface area contributed by atoms with Gasteiger partial charge in [-0.25, -0.2) is 4.98 Å². The highest BCUT2D eigenvalue weighted by atomic mass is 16.1. The monoisotopic (exact) mass is 323 g/mol. The van der Waals surface area contributed by atoms with E-state index >= 15 is 0 Å². The van der Waals surface area contributed by atoms with Crippen LogP contribution in [0, 0.1) is 11.8 Å². The first-order chi connectivity index (χ1) is 11.6. The summed E-state index contributed by atoms with van der Waals surface area (Å²) >= 11 is 0. The molecule has 1 aromatic carbocycles. The van der Waals surface area contributed by atoms with Crippen LogP contribution in [0.3, 0.4) is 0 Å². The average Bonchev–Trinajstić information content (AvgIpc) is 3.37. The summed E-state index contributed by atoms with van der Waals surface area (Å²) in [5.41, 5.74) is 3.79. The number of rotatable bonds is 2. The van der Waals surface area contributed by atoms with Gasteiger partial charge in [0, 0.05) is 18.0 Å². The molecule has 24 heavy (non-hydrogen) atoms. The Labute approximate surface area is 142 Å². The molecule has 1 saturated heterocycles. The Morgan fingerprint density at radius 2 is 2.21 bits per heavy atom. The number of piperidine rings is 1. The van der Waals surface area contributed by atoms with E-state index in [9.17, 15) is 4.79 Å². The average molecular weight is 323 g/mol. The maximum absolute atomic E-state index is 12.2. The molecule has 1 aliphatic heterocycles. The predicted molar refractivity (Wildman–Crippen MR) is 95.3 cm³/mol. The van der Waals surface area contributed by atoms with E-state index < -0.39 is 0 Å². The van der Waals surface area contributed by atoms with Crippen LogP contribution < -0.4 is 5.56 Å². The van der Waals surface area contributed by atoms with Gasteiger partial charge in [0.1, 0.15) is 0 Å². The number of nitrogens with zero attached hydrogens (tertiary/aromatic N) is 2. The van der Waals surface area contributed by atoms with Crippen molar-refractivity contribution in [2.45, 2.75) is 51.0 Å². The Morgan fingerprint density at radius 1 is 1.38 bits per heavy atom. The van der Waals surface area contributed by atoms with Gasteiger partial charge in [-0.1, -0.05) is 19.9 Å². The van der Waals surface area contributed by atoms with E-state index in [1.165, 1.54) is 37.1 Å². The third kappa shape index (κ3) is 1.95. The molecule has 0 spiro atoms. The van der Waals surface area contributed by atoms with E-state index in [0.29, 0.717) is 12.0 Å². The van der Waals surface area contributed by atoms with Gasteiger partial charge < -0.3 is 4.98 Å². The van der Waals surface area contributed by atoms with Gasteiger partial charge in [-0.05, 0) is 61.3 Å². The van der Waals surface area contributed by atoms with E-state index in [1.807, 2.05) is 6.07 Å². The lowest BCUT2D eigenvalue weighted by molar-refractivity contribution is 0.0291. The number of nitrogens with one attached hydrogen (secondary N) is 1. The number of benzene rings is 1. The van der Waals surface area contributed by atoms with Crippen molar-refractivity contribution < 1.29 is 0 Å². The van der Waals surface area contributed by atoms with Crippen LogP contribution in [0.15, 0.2) is 23.3 Å². The number of likely N-dealkylation sites (tertiary alicyclic amines) is 1. The van der Waals surface area contributed by atoms with Gasteiger partial charge in [-0.3, -0.25) is 9.69 Å². The molecule has 1 aromatic heterocycles. The van der Waals surface area contributed by atoms with E-state index in [1.54, 1.807) is 6.33 Å². The second-order valence-corrected chi connectivity index (χ2v) is 8.39. The highest BCUT2D eigenvalue weighted by Gasteiger charge is 2.49. The molecule has 2 aromatic rings. The normalized spacial score (nSPS) is 32.8. The molecule has 1 unspecified atom stereocenters. The van der Waals surface area contributed by atoms with Gasteiger partial charge in [0.15, 0.2) is 0 Å². The maximum atomic E-state index is 12.2. The molecule has 2 bridgehead atoms. The molecular formula is C20H25N3O. The molecule has 126 valence electrons. The van der Waals surface area contributed by atoms with E-state index in [4.69, 9.17) is 0 Å². The van der Waals surface area contributed by atoms with Crippen LogP contribution in [0.2, 0.25) is 0 Å². The molecule has 1 saturated carbocycles. The Kier molecular flexibility index (Phi) is 3.00. The maximum Gasteiger partial charge on any atom is 0.258 e. The quantitative estimate of drug-likeness (QED) is 0.924. The number of aromatic amines is 1. The summed E-state index contributed by atoms with van der Waals surface area (Å²) in [6, 6.07) is 4.79. The van der Waals surface area contributed by atoms with Crippen molar-refractivity contribution in [2.75, 3.05) is 13.1 Å². The zero-order chi connectivity index (χ0) is 16.5. The van der Waals surface area contributed by atoms with Crippen LogP contribution in [0.4, 0.5) is 0 Å². The summed E-state index contributed by atoms with van der Waals surface area (Å²) in [6.45, 7) is 7.28. The van der Waals surface area contributed by atoms with Crippen molar-refractivity contribution in [1.82, 2.24) is 14.9 Å². The molecule has 0 radical (unpaired) electrons. The lowest BCUT2D eigenvalue weighted by Gasteiger charge is -2.54. The van der Waals surface area contributed by atoms with Gasteiger partial charge >= 0.3 is 0 Å². The first-order valence-electron chi connectivity index (χ1n) is 9.32. The molecule has 5 rings (SSSR count). The minimum Gasteiger partial charge on any atom is -0.313 e. The Bertz CT molecular complexity index is 869. The van der Waals surface area contributed by atoms with Crippen molar-refractivity contribution in [3.05, 3.63) is 39.9 Å². The van der Waals surface area contributed by atoms with E-state index in [-0.39, 0.29) is 11.0 Å². The van der Waals surface area contributed by atoms with Crippen LogP contribution in [0.1, 0.15) is 44.2 Å². The molecular weight excluding hydrogens is 298 g/mol. The fourth-order valence-corrected chi connectivity index (χ4v) is 5.24. The summed E-state index contributed by atoms with van der Waals surface area (Å²) in [4.78, 5) is 22.3. The topological polar surface area (TPSA) is 49.0 Å². The first kappa shape index (κ1) is 14.6. The predicted octanol–water partition coefficient (Wildman–Crippen LogP) is 2.86. The second-order valence-electron chi connectivity index (χ2n) is 8.39. The second kappa shape index (κ2) is 4.92. The summed E-state index contributed by atoms with van der Waals surface area (Å²) < 4.78 is 0. The number of aromatic nitrogens is 2. The van der Waals surface area contributed by atoms with Gasteiger partial charge in [0.2, 0.25) is 0 Å². The van der Waals surface area contributed by atoms with Crippen molar-refractivity contribution in [3.63, 3.8) is 0 Å². The third-order valence-electron chi connectivity index (χ3n) is 7.06. The van der Waals surface area contributed by atoms with E-state index in [2.05, 4.69) is 34.8 Å². The number of fused-ring (bicyclic) bond motifs is 6. The molecule has 3 aliphatic rings. The van der Waals surface area contributed by atoms with Gasteiger partial charge in [-0.2, -0.15) is 0 Å². The lowest BCUT2D eigenvalue weighted by Crippen LogP contribution is -2.58. The summed E-state index contributed by atoms with van der Waals surface area (Å²) in [6.07, 6.45) is 6.67. The number of hydrogen-bond donors (Lipinski definition) is 1. The van der Waals surface area contributed by atoms with Crippen LogP contribution in [-0.2, 0) is 11.8 Å². The Morgan fingerprint density at radius 3 is 3.00 bits per heavy atom. The first-order valence-corrected chi connectivity index (χ1v) is 9.32. The molecule has 2 aliphatic carbocycles. The molecule has 1 N–H and O–H groups in total. The fraction of sp³-hybridized carbons (Fsp3) is 0.600. The number of H-pyrrole nitrogens is 1. The van der Waals surface area contributed by atoms with Crippen LogP contribution >= 0.6 is 0 Å². The summed E-state index contributed by atoms with van der Waals surface area (Å²) in [5, 5.41) is 0.739. The highest BCUT2D eigenvalue weighted by molar-refractivity contribution is 5.83. The van der Waals surface area contributed by atoms with Crippen molar-refractivity contribution in [1.29, 1.82) is 0 Å². The molecule has 0 amide bonds. The standard InChI is InChI=1S/C20H25N3O/c1-12-16-9-14-5-6-15-18(21-11-22-19(15)24)17(14)20(12,2)7-8-23(16)10-13-3-4-13/h5-6,11-13,16H,3-4,7-10H2,1-2H3,(H,21,22,24)/t12-,16?,20-/m0/s1. The minimum absolute atomic E-state index is 0.0210. The molecule has 4 heteroatoms. The van der Waals surface area contributed by atoms with Crippen molar-refractivity contribution >= 4 is 10.9 Å². The van der Waals surface area contributed by atoms with Gasteiger partial charge in [0.05, 0.1) is 17.2 Å². The minimum atomic E-state index is -0.0210. The SMILES string of the molecule is C[C@H]1C2Cc3ccc4c(=O)[nH]cnc4c3[C@@]1(C)CCN2CC1CC1. The number of hydrogen-bond acceptors (Lipinski definition) is 3. The van der Waals surface area contributed by atoms with Crippen LogP contribution in [0.5, 0.6) is 0 Å². The van der Waals surface area contributed by atoms with Crippen LogP contribution in [-0.4, -0.2) is 34.0 Å². The molecule has 4 nitrogen and oxygen atoms in total. The Hall–Kier alpha value is -1.68. The Balaban J connectivity index is 1.67. The van der Waals surface area contributed by atoms with Gasteiger partial charge in [0.25, 0.3) is 5.56 Å².